The van der Waals surface area contributed by atoms with Gasteiger partial charge in [0, 0.05) is 23.8 Å². The Kier molecular flexibility index (Phi) is 6.86. The molecule has 1 aliphatic carbocycles. The number of nitrogens with zero attached hydrogens (tertiary/aromatic N) is 3. The molecule has 5 rings (SSSR count). The van der Waals surface area contributed by atoms with E-state index in [0.717, 1.165) is 30.8 Å². The van der Waals surface area contributed by atoms with Crippen molar-refractivity contribution in [3.63, 3.8) is 0 Å². The van der Waals surface area contributed by atoms with Crippen LogP contribution in [0.4, 0.5) is 45.2 Å². The molecule has 3 heterocycles. The summed E-state index contributed by atoms with van der Waals surface area (Å²) in [6.07, 6.45) is -1.75. The number of hydrogen-bond donors (Lipinski definition) is 4. The van der Waals surface area contributed by atoms with Gasteiger partial charge in [-0.25, -0.2) is 14.4 Å². The Morgan fingerprint density at radius 3 is 2.63 bits per heavy atom. The number of rotatable bonds is 8. The highest BCUT2D eigenvalue weighted by atomic mass is 19.4. The molecular weight excluding hydrogens is 509 g/mol. The topological polar surface area (TPSA) is 104 Å². The van der Waals surface area contributed by atoms with Crippen LogP contribution in [0.25, 0.3) is 0 Å². The zero-order valence-corrected chi connectivity index (χ0v) is 20.1. The number of carbonyl (C=O) groups is 1. The lowest BCUT2D eigenvalue weighted by molar-refractivity contribution is -0.123. The van der Waals surface area contributed by atoms with Crippen molar-refractivity contribution in [1.82, 2.24) is 25.6 Å². The molecule has 2 aliphatic rings. The maximum atomic E-state index is 14.4. The quantitative estimate of drug-likeness (QED) is 0.318. The van der Waals surface area contributed by atoms with Gasteiger partial charge < -0.3 is 21.3 Å². The van der Waals surface area contributed by atoms with Crippen LogP contribution in [0.1, 0.15) is 40.0 Å². The summed E-state index contributed by atoms with van der Waals surface area (Å²) in [6, 6.07) is 8.16. The predicted molar refractivity (Wildman–Crippen MR) is 130 cm³/mol. The SMILES string of the molecule is O=C(NCC(F)(F)F)c1cnc(Nc2ccc3c(c2)CNCC3)nc1Nc1ccc(F)c(C2(CF)CC2)n1. The number of benzene rings is 1. The molecule has 1 saturated carbocycles. The van der Waals surface area contributed by atoms with E-state index >= 15 is 0 Å². The maximum absolute atomic E-state index is 14.4. The number of alkyl halides is 4. The molecule has 0 radical (unpaired) electrons. The van der Waals surface area contributed by atoms with Crippen molar-refractivity contribution >= 4 is 29.2 Å². The van der Waals surface area contributed by atoms with Crippen LogP contribution in [0.3, 0.4) is 0 Å². The van der Waals surface area contributed by atoms with Gasteiger partial charge in [-0.15, -0.1) is 0 Å². The average Bonchev–Trinajstić information content (AvgIpc) is 3.69. The average molecular weight is 534 g/mol. The molecule has 3 aromatic rings. The molecule has 8 nitrogen and oxygen atoms in total. The lowest BCUT2D eigenvalue weighted by atomic mass is 10.0. The van der Waals surface area contributed by atoms with Crippen LogP contribution in [-0.4, -0.2) is 46.8 Å². The summed E-state index contributed by atoms with van der Waals surface area (Å²) in [7, 11) is 0. The molecule has 0 saturated heterocycles. The summed E-state index contributed by atoms with van der Waals surface area (Å²) < 4.78 is 66.0. The predicted octanol–water partition coefficient (Wildman–Crippen LogP) is 4.44. The maximum Gasteiger partial charge on any atom is 0.405 e. The van der Waals surface area contributed by atoms with E-state index in [2.05, 4.69) is 30.9 Å². The molecule has 0 unspecified atom stereocenters. The first-order valence-corrected chi connectivity index (χ1v) is 12.0. The molecule has 1 aromatic carbocycles. The second-order valence-corrected chi connectivity index (χ2v) is 9.35. The van der Waals surface area contributed by atoms with Crippen molar-refractivity contribution in [1.29, 1.82) is 0 Å². The normalized spacial score (nSPS) is 15.9. The number of pyridine rings is 1. The second kappa shape index (κ2) is 10.1. The van der Waals surface area contributed by atoms with E-state index in [-0.39, 0.29) is 28.8 Å². The zero-order chi connectivity index (χ0) is 26.9. The molecule has 4 N–H and O–H groups in total. The van der Waals surface area contributed by atoms with Gasteiger partial charge in [0.15, 0.2) is 0 Å². The first-order valence-electron chi connectivity index (χ1n) is 12.0. The fourth-order valence-corrected chi connectivity index (χ4v) is 4.26. The summed E-state index contributed by atoms with van der Waals surface area (Å²) >= 11 is 0. The Hall–Kier alpha value is -3.87. The highest BCUT2D eigenvalue weighted by molar-refractivity contribution is 5.99. The number of fused-ring (bicyclic) bond motifs is 1. The third-order valence-corrected chi connectivity index (χ3v) is 6.54. The van der Waals surface area contributed by atoms with Crippen LogP contribution in [0.5, 0.6) is 0 Å². The number of aromatic nitrogens is 3. The van der Waals surface area contributed by atoms with Crippen molar-refractivity contribution in [3.05, 3.63) is 64.7 Å². The Labute approximate surface area is 214 Å². The van der Waals surface area contributed by atoms with Gasteiger partial charge in [-0.3, -0.25) is 9.18 Å². The molecule has 1 aliphatic heterocycles. The molecule has 0 atom stereocenters. The number of hydrogen-bond acceptors (Lipinski definition) is 7. The molecule has 1 fully saturated rings. The summed E-state index contributed by atoms with van der Waals surface area (Å²) in [5.41, 5.74) is 1.67. The Morgan fingerprint density at radius 1 is 1.08 bits per heavy atom. The number of anilines is 4. The van der Waals surface area contributed by atoms with Crippen molar-refractivity contribution < 1.29 is 26.7 Å². The largest absolute Gasteiger partial charge is 0.405 e. The minimum Gasteiger partial charge on any atom is -0.343 e. The number of halogens is 5. The fourth-order valence-electron chi connectivity index (χ4n) is 4.26. The second-order valence-electron chi connectivity index (χ2n) is 9.35. The highest BCUT2D eigenvalue weighted by Gasteiger charge is 2.48. The van der Waals surface area contributed by atoms with Crippen LogP contribution in [0.15, 0.2) is 36.5 Å². The van der Waals surface area contributed by atoms with Crippen molar-refractivity contribution in [3.8, 4) is 0 Å². The standard InChI is InChI=1S/C25H24F5N7O/c26-12-24(6-7-24)20-18(27)3-4-19(35-20)36-21-17(22(38)33-13-25(28,29)30)11-32-23(37-21)34-16-2-1-14-5-8-31-10-15(14)9-16/h1-4,9,11,31H,5-8,10,12-13H2,(H,33,38)(H2,32,34,35,36,37). The van der Waals surface area contributed by atoms with Gasteiger partial charge in [0.05, 0.1) is 5.69 Å². The van der Waals surface area contributed by atoms with E-state index in [1.807, 2.05) is 18.2 Å². The summed E-state index contributed by atoms with van der Waals surface area (Å²) in [6.45, 7) is -0.729. The van der Waals surface area contributed by atoms with Gasteiger partial charge >= 0.3 is 6.18 Å². The Bertz CT molecular complexity index is 1360. The van der Waals surface area contributed by atoms with Gasteiger partial charge in [-0.1, -0.05) is 6.07 Å². The third kappa shape index (κ3) is 5.67. The molecular formula is C25H24F5N7O. The molecule has 1 amide bonds. The third-order valence-electron chi connectivity index (χ3n) is 6.54. The smallest absolute Gasteiger partial charge is 0.343 e. The van der Waals surface area contributed by atoms with Gasteiger partial charge in [0.1, 0.15) is 36.2 Å². The van der Waals surface area contributed by atoms with Gasteiger partial charge in [-0.2, -0.15) is 18.2 Å². The van der Waals surface area contributed by atoms with Crippen LogP contribution < -0.4 is 21.3 Å². The lowest BCUT2D eigenvalue weighted by Crippen LogP contribution is -2.34. The van der Waals surface area contributed by atoms with E-state index in [9.17, 15) is 26.7 Å². The minimum atomic E-state index is -4.62. The van der Waals surface area contributed by atoms with Crippen LogP contribution in [0, 0.1) is 5.82 Å². The van der Waals surface area contributed by atoms with Gasteiger partial charge in [0.25, 0.3) is 5.91 Å². The zero-order valence-electron chi connectivity index (χ0n) is 20.1. The monoisotopic (exact) mass is 533 g/mol. The van der Waals surface area contributed by atoms with E-state index in [0.29, 0.717) is 25.1 Å². The minimum absolute atomic E-state index is 0.0514. The summed E-state index contributed by atoms with van der Waals surface area (Å²) in [5, 5.41) is 10.9. The molecule has 38 heavy (non-hydrogen) atoms. The van der Waals surface area contributed by atoms with Gasteiger partial charge in [0.2, 0.25) is 5.95 Å². The van der Waals surface area contributed by atoms with E-state index in [4.69, 9.17) is 0 Å². The van der Waals surface area contributed by atoms with E-state index in [1.54, 1.807) is 5.32 Å². The number of nitrogens with one attached hydrogen (secondary N) is 4. The van der Waals surface area contributed by atoms with Crippen LogP contribution in [-0.2, 0) is 18.4 Å². The Morgan fingerprint density at radius 2 is 1.89 bits per heavy atom. The first kappa shape index (κ1) is 25.8. The number of amides is 1. The van der Waals surface area contributed by atoms with Crippen LogP contribution in [0.2, 0.25) is 0 Å². The lowest BCUT2D eigenvalue weighted by Gasteiger charge is -2.18. The summed E-state index contributed by atoms with van der Waals surface area (Å²) in [5.74, 6) is -1.78. The Balaban J connectivity index is 1.45. The highest BCUT2D eigenvalue weighted by Crippen LogP contribution is 2.48. The molecule has 200 valence electrons. The molecule has 0 spiro atoms. The number of carbonyl (C=O) groups excluding carboxylic acids is 1. The molecule has 13 heteroatoms. The molecule has 2 aromatic heterocycles. The van der Waals surface area contributed by atoms with Crippen molar-refractivity contribution in [2.45, 2.75) is 37.4 Å². The van der Waals surface area contributed by atoms with Gasteiger partial charge in [-0.05, 0) is 61.2 Å². The van der Waals surface area contributed by atoms with Crippen molar-refractivity contribution in [2.75, 3.05) is 30.4 Å². The van der Waals surface area contributed by atoms with Crippen LogP contribution >= 0.6 is 0 Å². The van der Waals surface area contributed by atoms with E-state index in [1.165, 1.54) is 11.6 Å². The van der Waals surface area contributed by atoms with Crippen molar-refractivity contribution in [2.24, 2.45) is 0 Å². The summed E-state index contributed by atoms with van der Waals surface area (Å²) in [4.78, 5) is 25.2. The first-order chi connectivity index (χ1) is 18.2. The van der Waals surface area contributed by atoms with E-state index < -0.39 is 36.5 Å². The fraction of sp³-hybridized carbons (Fsp3) is 0.360. The molecule has 0 bridgehead atoms.